The molecule has 3 nitrogen and oxygen atoms in total. The molecule has 1 heterocycles. The zero-order chi connectivity index (χ0) is 12.1. The molecule has 17 heavy (non-hydrogen) atoms. The normalized spacial score (nSPS) is 21.6. The van der Waals surface area contributed by atoms with Crippen LogP contribution in [-0.2, 0) is 4.74 Å². The maximum Gasteiger partial charge on any atom is 0.120 e. The van der Waals surface area contributed by atoms with E-state index in [4.69, 9.17) is 4.74 Å². The highest BCUT2D eigenvalue weighted by molar-refractivity contribution is 5.34. The summed E-state index contributed by atoms with van der Waals surface area (Å²) in [5.74, 6) is 0.374. The second kappa shape index (κ2) is 6.03. The molecule has 2 unspecified atom stereocenters. The van der Waals surface area contributed by atoms with Crippen molar-refractivity contribution in [1.29, 1.82) is 0 Å². The zero-order valence-electron chi connectivity index (χ0n) is 10.4. The summed E-state index contributed by atoms with van der Waals surface area (Å²) >= 11 is 0. The van der Waals surface area contributed by atoms with Crippen molar-refractivity contribution in [2.24, 2.45) is 0 Å². The fraction of sp³-hybridized carbons (Fsp3) is 0.571. The Balaban J connectivity index is 1.94. The summed E-state index contributed by atoms with van der Waals surface area (Å²) in [5, 5.41) is 13.3. The summed E-state index contributed by atoms with van der Waals surface area (Å²) in [6.07, 6.45) is 3.61. The molecule has 2 rings (SSSR count). The van der Waals surface area contributed by atoms with Gasteiger partial charge in [-0.2, -0.15) is 0 Å². The first kappa shape index (κ1) is 12.4. The van der Waals surface area contributed by atoms with Gasteiger partial charge in [0.15, 0.2) is 0 Å². The molecule has 2 atom stereocenters. The Bertz CT molecular complexity index is 348. The van der Waals surface area contributed by atoms with Crippen molar-refractivity contribution in [2.45, 2.75) is 38.3 Å². The van der Waals surface area contributed by atoms with Gasteiger partial charge in [-0.3, -0.25) is 0 Å². The first-order valence-corrected chi connectivity index (χ1v) is 6.44. The molecule has 1 saturated heterocycles. The Labute approximate surface area is 103 Å². The van der Waals surface area contributed by atoms with Crippen LogP contribution in [0.25, 0.3) is 0 Å². The molecule has 0 aliphatic carbocycles. The molecule has 1 aromatic rings. The van der Waals surface area contributed by atoms with Crippen LogP contribution in [0.5, 0.6) is 5.75 Å². The van der Waals surface area contributed by atoms with Gasteiger partial charge in [-0.15, -0.1) is 0 Å². The first-order chi connectivity index (χ1) is 8.31. The third-order valence-corrected chi connectivity index (χ3v) is 3.34. The average molecular weight is 235 g/mol. The number of phenols is 1. The van der Waals surface area contributed by atoms with Crippen molar-refractivity contribution in [2.75, 3.05) is 13.2 Å². The van der Waals surface area contributed by atoms with Crippen LogP contribution in [-0.4, -0.2) is 24.4 Å². The molecule has 94 valence electrons. The molecule has 1 fully saturated rings. The van der Waals surface area contributed by atoms with Crippen molar-refractivity contribution in [3.63, 3.8) is 0 Å². The number of benzene rings is 1. The lowest BCUT2D eigenvalue weighted by Gasteiger charge is -2.20. The molecule has 1 aliphatic rings. The predicted octanol–water partition coefficient (Wildman–Crippen LogP) is 2.61. The van der Waals surface area contributed by atoms with Crippen molar-refractivity contribution >= 4 is 0 Å². The molecule has 3 heteroatoms. The van der Waals surface area contributed by atoms with Crippen LogP contribution in [0.3, 0.4) is 0 Å². The van der Waals surface area contributed by atoms with Crippen molar-refractivity contribution in [3.05, 3.63) is 29.8 Å². The van der Waals surface area contributed by atoms with E-state index >= 15 is 0 Å². The van der Waals surface area contributed by atoms with E-state index in [0.29, 0.717) is 11.9 Å². The molecule has 0 spiro atoms. The number of hydrogen-bond donors (Lipinski definition) is 2. The predicted molar refractivity (Wildman–Crippen MR) is 68.1 cm³/mol. The van der Waals surface area contributed by atoms with Gasteiger partial charge in [-0.25, -0.2) is 0 Å². The topological polar surface area (TPSA) is 41.5 Å². The number of rotatable bonds is 5. The minimum absolute atomic E-state index is 0.209. The maximum atomic E-state index is 9.83. The Morgan fingerprint density at radius 2 is 2.29 bits per heavy atom. The fourth-order valence-electron chi connectivity index (χ4n) is 2.34. The second-order valence-corrected chi connectivity index (χ2v) is 4.56. The van der Waals surface area contributed by atoms with E-state index in [1.807, 2.05) is 18.2 Å². The minimum atomic E-state index is 0.209. The third kappa shape index (κ3) is 3.20. The lowest BCUT2D eigenvalue weighted by Crippen LogP contribution is -2.29. The average Bonchev–Trinajstić information content (AvgIpc) is 2.85. The van der Waals surface area contributed by atoms with Gasteiger partial charge < -0.3 is 15.2 Å². The van der Waals surface area contributed by atoms with E-state index in [1.54, 1.807) is 6.07 Å². The summed E-state index contributed by atoms with van der Waals surface area (Å²) in [6, 6.07) is 7.75. The van der Waals surface area contributed by atoms with Crippen LogP contribution >= 0.6 is 0 Å². The molecule has 1 aromatic carbocycles. The van der Waals surface area contributed by atoms with Crippen LogP contribution in [0.15, 0.2) is 24.3 Å². The van der Waals surface area contributed by atoms with Crippen LogP contribution in [0.2, 0.25) is 0 Å². The van der Waals surface area contributed by atoms with E-state index in [2.05, 4.69) is 12.2 Å². The molecule has 0 bridgehead atoms. The molecular weight excluding hydrogens is 214 g/mol. The van der Waals surface area contributed by atoms with E-state index in [0.717, 1.165) is 31.6 Å². The Morgan fingerprint density at radius 3 is 2.94 bits per heavy atom. The third-order valence-electron chi connectivity index (χ3n) is 3.34. The highest BCUT2D eigenvalue weighted by Crippen LogP contribution is 2.26. The van der Waals surface area contributed by atoms with E-state index in [1.165, 1.54) is 6.42 Å². The van der Waals surface area contributed by atoms with Crippen LogP contribution < -0.4 is 5.32 Å². The largest absolute Gasteiger partial charge is 0.508 e. The van der Waals surface area contributed by atoms with Crippen molar-refractivity contribution in [3.8, 4) is 5.75 Å². The summed E-state index contributed by atoms with van der Waals surface area (Å²) in [6.45, 7) is 3.88. The number of para-hydroxylation sites is 1. The summed E-state index contributed by atoms with van der Waals surface area (Å²) in [4.78, 5) is 0. The number of aromatic hydroxyl groups is 1. The lowest BCUT2D eigenvalue weighted by atomic mass is 10.0. The van der Waals surface area contributed by atoms with Crippen molar-refractivity contribution < 1.29 is 9.84 Å². The Morgan fingerprint density at radius 1 is 1.47 bits per heavy atom. The Hall–Kier alpha value is -1.06. The molecule has 0 saturated carbocycles. The Kier molecular flexibility index (Phi) is 4.40. The second-order valence-electron chi connectivity index (χ2n) is 4.56. The van der Waals surface area contributed by atoms with Gasteiger partial charge in [0.25, 0.3) is 0 Å². The molecular formula is C14H21NO2. The van der Waals surface area contributed by atoms with E-state index < -0.39 is 0 Å². The number of hydrogen-bond acceptors (Lipinski definition) is 3. The van der Waals surface area contributed by atoms with Crippen molar-refractivity contribution in [1.82, 2.24) is 5.32 Å². The van der Waals surface area contributed by atoms with Gasteiger partial charge in [0.1, 0.15) is 5.75 Å². The van der Waals surface area contributed by atoms with Gasteiger partial charge in [-0.1, -0.05) is 25.1 Å². The summed E-state index contributed by atoms with van der Waals surface area (Å²) < 4.78 is 5.59. The highest BCUT2D eigenvalue weighted by atomic mass is 16.5. The molecule has 0 radical (unpaired) electrons. The number of ether oxygens (including phenoxy) is 1. The van der Waals surface area contributed by atoms with Gasteiger partial charge in [0.2, 0.25) is 0 Å². The van der Waals surface area contributed by atoms with Gasteiger partial charge in [-0.05, 0) is 25.3 Å². The quantitative estimate of drug-likeness (QED) is 0.824. The monoisotopic (exact) mass is 235 g/mol. The lowest BCUT2D eigenvalue weighted by molar-refractivity contribution is 0.107. The van der Waals surface area contributed by atoms with Gasteiger partial charge in [0, 0.05) is 24.8 Å². The molecule has 1 aliphatic heterocycles. The molecule has 2 N–H and O–H groups in total. The maximum absolute atomic E-state index is 9.83. The van der Waals surface area contributed by atoms with E-state index in [-0.39, 0.29) is 6.04 Å². The van der Waals surface area contributed by atoms with Gasteiger partial charge >= 0.3 is 0 Å². The SMILES string of the molecule is CCC(NCC1CCCO1)c1ccccc1O. The van der Waals surface area contributed by atoms with Crippen LogP contribution in [0, 0.1) is 0 Å². The standard InChI is InChI=1S/C14H21NO2/c1-2-13(12-7-3-4-8-14(12)16)15-10-11-6-5-9-17-11/h3-4,7-8,11,13,15-16H,2,5-6,9-10H2,1H3. The number of nitrogens with one attached hydrogen (secondary N) is 1. The first-order valence-electron chi connectivity index (χ1n) is 6.44. The highest BCUT2D eigenvalue weighted by Gasteiger charge is 2.18. The fourth-order valence-corrected chi connectivity index (χ4v) is 2.34. The minimum Gasteiger partial charge on any atom is -0.508 e. The smallest absolute Gasteiger partial charge is 0.120 e. The van der Waals surface area contributed by atoms with Crippen LogP contribution in [0.4, 0.5) is 0 Å². The van der Waals surface area contributed by atoms with E-state index in [9.17, 15) is 5.11 Å². The van der Waals surface area contributed by atoms with Gasteiger partial charge in [0.05, 0.1) is 6.10 Å². The number of phenolic OH excluding ortho intramolecular Hbond substituents is 1. The molecule has 0 aromatic heterocycles. The summed E-state index contributed by atoms with van der Waals surface area (Å²) in [5.41, 5.74) is 0.980. The molecule has 0 amide bonds. The summed E-state index contributed by atoms with van der Waals surface area (Å²) in [7, 11) is 0. The van der Waals surface area contributed by atoms with Crippen LogP contribution in [0.1, 0.15) is 37.8 Å². The zero-order valence-corrected chi connectivity index (χ0v) is 10.4.